The first-order chi connectivity index (χ1) is 7.58. The Morgan fingerprint density at radius 3 is 2.44 bits per heavy atom. The summed E-state index contributed by atoms with van der Waals surface area (Å²) in [5.74, 6) is 1.69. The van der Waals surface area contributed by atoms with Crippen LogP contribution in [0.5, 0.6) is 0 Å². The van der Waals surface area contributed by atoms with Crippen molar-refractivity contribution in [1.29, 1.82) is 0 Å². The molecule has 1 heterocycles. The van der Waals surface area contributed by atoms with Gasteiger partial charge >= 0.3 is 0 Å². The number of rotatable bonds is 6. The summed E-state index contributed by atoms with van der Waals surface area (Å²) in [7, 11) is 0. The quantitative estimate of drug-likeness (QED) is 0.611. The molecule has 1 rings (SSSR count). The van der Waals surface area contributed by atoms with Crippen molar-refractivity contribution in [1.82, 2.24) is 15.3 Å². The van der Waals surface area contributed by atoms with Gasteiger partial charge in [-0.2, -0.15) is 0 Å². The van der Waals surface area contributed by atoms with Crippen molar-refractivity contribution < 1.29 is 0 Å². The molecule has 0 aromatic carbocycles. The Balaban J connectivity index is 2.26. The Morgan fingerprint density at radius 2 is 1.88 bits per heavy atom. The zero-order chi connectivity index (χ0) is 12.0. The number of nitrogens with one attached hydrogen (secondary N) is 1. The summed E-state index contributed by atoms with van der Waals surface area (Å²) >= 11 is 1.73. The van der Waals surface area contributed by atoms with Crippen molar-refractivity contribution in [2.24, 2.45) is 5.92 Å². The van der Waals surface area contributed by atoms with Crippen LogP contribution >= 0.6 is 11.8 Å². The van der Waals surface area contributed by atoms with Crippen molar-refractivity contribution in [3.8, 4) is 0 Å². The van der Waals surface area contributed by atoms with Crippen LogP contribution in [-0.4, -0.2) is 28.3 Å². The first-order valence-corrected chi connectivity index (χ1v) is 6.71. The van der Waals surface area contributed by atoms with Gasteiger partial charge in [-0.3, -0.25) is 0 Å². The van der Waals surface area contributed by atoms with Gasteiger partial charge in [0.2, 0.25) is 0 Å². The summed E-state index contributed by atoms with van der Waals surface area (Å²) in [6.07, 6.45) is 3.73. The number of aromatic nitrogens is 2. The summed E-state index contributed by atoms with van der Waals surface area (Å²) in [5, 5.41) is 4.31. The minimum atomic E-state index is 0.558. The van der Waals surface area contributed by atoms with Crippen LogP contribution in [0.3, 0.4) is 0 Å². The third kappa shape index (κ3) is 5.47. The minimum Gasteiger partial charge on any atom is -0.314 e. The summed E-state index contributed by atoms with van der Waals surface area (Å²) in [4.78, 5) is 8.55. The normalized spacial score (nSPS) is 13.1. The van der Waals surface area contributed by atoms with Crippen LogP contribution in [0.25, 0.3) is 0 Å². The molecule has 0 fully saturated rings. The first kappa shape index (κ1) is 13.5. The molecule has 16 heavy (non-hydrogen) atoms. The van der Waals surface area contributed by atoms with Gasteiger partial charge in [0, 0.05) is 24.2 Å². The zero-order valence-corrected chi connectivity index (χ0v) is 11.3. The molecule has 3 nitrogen and oxygen atoms in total. The number of nitrogens with zero attached hydrogens (tertiary/aromatic N) is 2. The number of aryl methyl sites for hydroxylation is 1. The molecule has 0 aliphatic heterocycles. The number of hydrogen-bond acceptors (Lipinski definition) is 4. The molecule has 0 bridgehead atoms. The molecule has 1 aromatic heterocycles. The molecular weight excluding hydrogens is 218 g/mol. The van der Waals surface area contributed by atoms with E-state index in [0.29, 0.717) is 12.0 Å². The second-order valence-corrected chi connectivity index (χ2v) is 5.51. The standard InChI is InChI=1S/C12H21N3S/c1-9(2)13-7-11(4)8-16-12-14-5-10(3)6-15-12/h5-6,9,11,13H,7-8H2,1-4H3. The number of hydrogen-bond donors (Lipinski definition) is 1. The summed E-state index contributed by atoms with van der Waals surface area (Å²) in [6.45, 7) is 9.64. The van der Waals surface area contributed by atoms with Crippen LogP contribution in [0.2, 0.25) is 0 Å². The van der Waals surface area contributed by atoms with Gasteiger partial charge in [-0.05, 0) is 24.9 Å². The van der Waals surface area contributed by atoms with Crippen LogP contribution in [0.4, 0.5) is 0 Å². The van der Waals surface area contributed by atoms with E-state index in [1.807, 2.05) is 19.3 Å². The second-order valence-electron chi connectivity index (χ2n) is 4.52. The van der Waals surface area contributed by atoms with Gasteiger partial charge in [0.15, 0.2) is 5.16 Å². The lowest BCUT2D eigenvalue weighted by Crippen LogP contribution is -2.28. The number of thioether (sulfide) groups is 1. The summed E-state index contributed by atoms with van der Waals surface area (Å²) < 4.78 is 0. The molecule has 0 amide bonds. The highest BCUT2D eigenvalue weighted by Crippen LogP contribution is 2.15. The van der Waals surface area contributed by atoms with E-state index in [0.717, 1.165) is 23.0 Å². The van der Waals surface area contributed by atoms with Crippen molar-refractivity contribution in [3.63, 3.8) is 0 Å². The molecule has 1 N–H and O–H groups in total. The fraction of sp³-hybridized carbons (Fsp3) is 0.667. The highest BCUT2D eigenvalue weighted by molar-refractivity contribution is 7.99. The Morgan fingerprint density at radius 1 is 1.25 bits per heavy atom. The highest BCUT2D eigenvalue weighted by atomic mass is 32.2. The van der Waals surface area contributed by atoms with Gasteiger partial charge in [-0.25, -0.2) is 9.97 Å². The monoisotopic (exact) mass is 239 g/mol. The zero-order valence-electron chi connectivity index (χ0n) is 10.5. The second kappa shape index (κ2) is 6.86. The Hall–Kier alpha value is -0.610. The molecule has 0 aliphatic rings. The average molecular weight is 239 g/mol. The molecule has 0 saturated carbocycles. The van der Waals surface area contributed by atoms with E-state index >= 15 is 0 Å². The Kier molecular flexibility index (Phi) is 5.77. The van der Waals surface area contributed by atoms with Crippen molar-refractivity contribution in [3.05, 3.63) is 18.0 Å². The van der Waals surface area contributed by atoms with E-state index < -0.39 is 0 Å². The van der Waals surface area contributed by atoms with E-state index in [2.05, 4.69) is 36.1 Å². The molecule has 0 radical (unpaired) electrons. The molecule has 1 unspecified atom stereocenters. The Labute approximate surface area is 102 Å². The van der Waals surface area contributed by atoms with Gasteiger partial charge in [0.05, 0.1) is 0 Å². The van der Waals surface area contributed by atoms with Crippen molar-refractivity contribution in [2.75, 3.05) is 12.3 Å². The van der Waals surface area contributed by atoms with E-state index in [1.54, 1.807) is 11.8 Å². The molecular formula is C12H21N3S. The van der Waals surface area contributed by atoms with Crippen molar-refractivity contribution >= 4 is 11.8 Å². The average Bonchev–Trinajstić information content (AvgIpc) is 2.25. The minimum absolute atomic E-state index is 0.558. The third-order valence-electron chi connectivity index (χ3n) is 2.13. The maximum atomic E-state index is 4.28. The smallest absolute Gasteiger partial charge is 0.187 e. The maximum absolute atomic E-state index is 4.28. The fourth-order valence-corrected chi connectivity index (χ4v) is 1.97. The van der Waals surface area contributed by atoms with E-state index in [-0.39, 0.29) is 0 Å². The van der Waals surface area contributed by atoms with Gasteiger partial charge in [0.1, 0.15) is 0 Å². The largest absolute Gasteiger partial charge is 0.314 e. The predicted molar refractivity (Wildman–Crippen MR) is 69.8 cm³/mol. The molecule has 0 saturated heterocycles. The van der Waals surface area contributed by atoms with Crippen LogP contribution in [0.15, 0.2) is 17.6 Å². The Bertz CT molecular complexity index is 298. The lowest BCUT2D eigenvalue weighted by atomic mass is 10.2. The molecule has 90 valence electrons. The molecule has 4 heteroatoms. The van der Waals surface area contributed by atoms with Crippen LogP contribution < -0.4 is 5.32 Å². The van der Waals surface area contributed by atoms with Crippen LogP contribution in [0.1, 0.15) is 26.3 Å². The maximum Gasteiger partial charge on any atom is 0.187 e. The van der Waals surface area contributed by atoms with E-state index in [4.69, 9.17) is 0 Å². The molecule has 0 aliphatic carbocycles. The third-order valence-corrected chi connectivity index (χ3v) is 3.33. The van der Waals surface area contributed by atoms with Crippen LogP contribution in [-0.2, 0) is 0 Å². The van der Waals surface area contributed by atoms with E-state index in [1.165, 1.54) is 0 Å². The topological polar surface area (TPSA) is 37.8 Å². The summed E-state index contributed by atoms with van der Waals surface area (Å²) in [6, 6.07) is 0.558. The molecule has 1 aromatic rings. The van der Waals surface area contributed by atoms with Crippen LogP contribution in [0, 0.1) is 12.8 Å². The van der Waals surface area contributed by atoms with Gasteiger partial charge < -0.3 is 5.32 Å². The SMILES string of the molecule is Cc1cnc(SCC(C)CNC(C)C)nc1. The van der Waals surface area contributed by atoms with Gasteiger partial charge in [0.25, 0.3) is 0 Å². The lowest BCUT2D eigenvalue weighted by Gasteiger charge is -2.13. The van der Waals surface area contributed by atoms with E-state index in [9.17, 15) is 0 Å². The summed E-state index contributed by atoms with van der Waals surface area (Å²) in [5.41, 5.74) is 1.11. The lowest BCUT2D eigenvalue weighted by molar-refractivity contribution is 0.510. The molecule has 0 spiro atoms. The fourth-order valence-electron chi connectivity index (χ4n) is 1.17. The molecule has 1 atom stereocenters. The van der Waals surface area contributed by atoms with Crippen molar-refractivity contribution in [2.45, 2.75) is 38.9 Å². The predicted octanol–water partition coefficient (Wildman–Crippen LogP) is 2.51. The van der Waals surface area contributed by atoms with Gasteiger partial charge in [-0.15, -0.1) is 0 Å². The first-order valence-electron chi connectivity index (χ1n) is 5.72. The highest BCUT2D eigenvalue weighted by Gasteiger charge is 2.05. The van der Waals surface area contributed by atoms with Gasteiger partial charge in [-0.1, -0.05) is 32.5 Å².